The summed E-state index contributed by atoms with van der Waals surface area (Å²) in [6.45, 7) is 0. The van der Waals surface area contributed by atoms with E-state index in [0.717, 1.165) is 0 Å². The van der Waals surface area contributed by atoms with Crippen LogP contribution in [0.25, 0.3) is 0 Å². The second kappa shape index (κ2) is 3.88. The maximum Gasteiger partial charge on any atom is 0.220 e. The molecule has 1 aliphatic heterocycles. The van der Waals surface area contributed by atoms with Gasteiger partial charge in [0.1, 0.15) is 11.6 Å². The van der Waals surface area contributed by atoms with Crippen molar-refractivity contribution in [1.29, 1.82) is 0 Å². The van der Waals surface area contributed by atoms with Crippen molar-refractivity contribution in [2.45, 2.75) is 18.9 Å². The van der Waals surface area contributed by atoms with Gasteiger partial charge in [-0.2, -0.15) is 0 Å². The lowest BCUT2D eigenvalue weighted by molar-refractivity contribution is -0.119. The molecule has 1 amide bonds. The Bertz CT molecular complexity index is 392. The smallest absolute Gasteiger partial charge is 0.220 e. The number of methoxy groups -OCH3 is 1. The summed E-state index contributed by atoms with van der Waals surface area (Å²) in [4.78, 5) is 11.0. The first-order valence-corrected chi connectivity index (χ1v) is 4.83. The Balaban J connectivity index is 2.30. The highest BCUT2D eigenvalue weighted by molar-refractivity contribution is 5.78. The summed E-state index contributed by atoms with van der Waals surface area (Å²) in [6, 6.07) is 4.34. The number of carbonyl (C=O) groups excluding carboxylic acids is 1. The van der Waals surface area contributed by atoms with Gasteiger partial charge in [0.05, 0.1) is 13.2 Å². The van der Waals surface area contributed by atoms with Crippen molar-refractivity contribution < 1.29 is 13.9 Å². The first-order valence-electron chi connectivity index (χ1n) is 4.83. The minimum atomic E-state index is -0.303. The fraction of sp³-hybridized carbons (Fsp3) is 0.364. The molecule has 1 aliphatic rings. The quantitative estimate of drug-likeness (QED) is 0.806. The highest BCUT2D eigenvalue weighted by atomic mass is 19.1. The zero-order chi connectivity index (χ0) is 10.8. The summed E-state index contributed by atoms with van der Waals surface area (Å²) in [5, 5.41) is 2.73. The maximum atomic E-state index is 13.5. The summed E-state index contributed by atoms with van der Waals surface area (Å²) < 4.78 is 18.5. The molecule has 0 aromatic heterocycles. The fourth-order valence-electron chi connectivity index (χ4n) is 1.76. The molecule has 1 atom stereocenters. The predicted molar refractivity (Wildman–Crippen MR) is 53.1 cm³/mol. The maximum absolute atomic E-state index is 13.5. The van der Waals surface area contributed by atoms with Crippen molar-refractivity contribution in [2.24, 2.45) is 0 Å². The van der Waals surface area contributed by atoms with Gasteiger partial charge < -0.3 is 10.1 Å². The molecule has 0 bridgehead atoms. The molecule has 2 rings (SSSR count). The lowest BCUT2D eigenvalue weighted by Crippen LogP contribution is -2.19. The average molecular weight is 209 g/mol. The third kappa shape index (κ3) is 1.93. The van der Waals surface area contributed by atoms with Crippen molar-refractivity contribution in [2.75, 3.05) is 7.11 Å². The molecule has 1 unspecified atom stereocenters. The summed E-state index contributed by atoms with van der Waals surface area (Å²) in [5.74, 6) is 0.276. The predicted octanol–water partition coefficient (Wildman–Crippen LogP) is 1.79. The zero-order valence-corrected chi connectivity index (χ0v) is 8.42. The van der Waals surface area contributed by atoms with E-state index in [9.17, 15) is 9.18 Å². The Hall–Kier alpha value is -1.58. The van der Waals surface area contributed by atoms with Crippen LogP contribution in [0.5, 0.6) is 5.75 Å². The van der Waals surface area contributed by atoms with Gasteiger partial charge in [0.15, 0.2) is 0 Å². The fourth-order valence-corrected chi connectivity index (χ4v) is 1.76. The monoisotopic (exact) mass is 209 g/mol. The number of nitrogens with one attached hydrogen (secondary N) is 1. The molecule has 4 heteroatoms. The molecule has 80 valence electrons. The molecule has 0 aliphatic carbocycles. The number of amides is 1. The van der Waals surface area contributed by atoms with E-state index in [0.29, 0.717) is 24.2 Å². The number of rotatable bonds is 2. The van der Waals surface area contributed by atoms with E-state index in [1.165, 1.54) is 13.2 Å². The van der Waals surface area contributed by atoms with E-state index < -0.39 is 0 Å². The molecule has 1 aromatic carbocycles. The van der Waals surface area contributed by atoms with Crippen molar-refractivity contribution in [3.8, 4) is 5.75 Å². The van der Waals surface area contributed by atoms with Crippen LogP contribution in [0.15, 0.2) is 18.2 Å². The number of halogens is 1. The van der Waals surface area contributed by atoms with Crippen molar-refractivity contribution in [3.05, 3.63) is 29.6 Å². The summed E-state index contributed by atoms with van der Waals surface area (Å²) in [6.07, 6.45) is 1.10. The molecular weight excluding hydrogens is 197 g/mol. The lowest BCUT2D eigenvalue weighted by Gasteiger charge is -2.12. The normalized spacial score (nSPS) is 20.1. The molecule has 1 fully saturated rings. The topological polar surface area (TPSA) is 38.3 Å². The molecular formula is C11H12FNO2. The highest BCUT2D eigenvalue weighted by Crippen LogP contribution is 2.28. The van der Waals surface area contributed by atoms with Gasteiger partial charge in [-0.3, -0.25) is 4.79 Å². The number of carbonyl (C=O) groups is 1. The van der Waals surface area contributed by atoms with E-state index in [1.54, 1.807) is 12.1 Å². The van der Waals surface area contributed by atoms with Gasteiger partial charge in [-0.15, -0.1) is 0 Å². The van der Waals surface area contributed by atoms with Crippen molar-refractivity contribution >= 4 is 5.91 Å². The summed E-state index contributed by atoms with van der Waals surface area (Å²) in [7, 11) is 1.53. The number of hydrogen-bond acceptors (Lipinski definition) is 2. The van der Waals surface area contributed by atoms with Crippen LogP contribution in [0.4, 0.5) is 4.39 Å². The highest BCUT2D eigenvalue weighted by Gasteiger charge is 2.24. The van der Waals surface area contributed by atoms with Gasteiger partial charge in [0, 0.05) is 12.0 Å². The molecule has 1 N–H and O–H groups in total. The van der Waals surface area contributed by atoms with Crippen LogP contribution >= 0.6 is 0 Å². The molecule has 1 heterocycles. The van der Waals surface area contributed by atoms with Crippen LogP contribution < -0.4 is 10.1 Å². The number of benzene rings is 1. The average Bonchev–Trinajstić information content (AvgIpc) is 2.65. The molecule has 0 saturated carbocycles. The molecule has 3 nitrogen and oxygen atoms in total. The first kappa shape index (κ1) is 9.96. The van der Waals surface area contributed by atoms with Crippen LogP contribution in [0.3, 0.4) is 0 Å². The van der Waals surface area contributed by atoms with Crippen LogP contribution in [0.2, 0.25) is 0 Å². The summed E-state index contributed by atoms with van der Waals surface area (Å²) in [5.41, 5.74) is 0.500. The second-order valence-electron chi connectivity index (χ2n) is 3.55. The van der Waals surface area contributed by atoms with Crippen molar-refractivity contribution in [1.82, 2.24) is 5.32 Å². The number of ether oxygens (including phenoxy) is 1. The van der Waals surface area contributed by atoms with Gasteiger partial charge in [0.25, 0.3) is 0 Å². The second-order valence-corrected chi connectivity index (χ2v) is 3.55. The van der Waals surface area contributed by atoms with Crippen LogP contribution in [-0.4, -0.2) is 13.0 Å². The van der Waals surface area contributed by atoms with E-state index in [-0.39, 0.29) is 17.8 Å². The molecule has 1 saturated heterocycles. The molecule has 1 aromatic rings. The number of hydrogen-bond donors (Lipinski definition) is 1. The Kier molecular flexibility index (Phi) is 2.58. The zero-order valence-electron chi connectivity index (χ0n) is 8.42. The van der Waals surface area contributed by atoms with Gasteiger partial charge in [-0.1, -0.05) is 0 Å². The SMILES string of the molecule is COc1ccc(F)c(C2CCC(=O)N2)c1. The molecule has 0 spiro atoms. The largest absolute Gasteiger partial charge is 0.497 e. The first-order chi connectivity index (χ1) is 7.20. The van der Waals surface area contributed by atoms with E-state index in [1.807, 2.05) is 0 Å². The minimum Gasteiger partial charge on any atom is -0.497 e. The van der Waals surface area contributed by atoms with E-state index >= 15 is 0 Å². The lowest BCUT2D eigenvalue weighted by atomic mass is 10.0. The van der Waals surface area contributed by atoms with Crippen LogP contribution in [0.1, 0.15) is 24.4 Å². The molecule has 0 radical (unpaired) electrons. The van der Waals surface area contributed by atoms with Crippen LogP contribution in [0, 0.1) is 5.82 Å². The third-order valence-electron chi connectivity index (χ3n) is 2.57. The van der Waals surface area contributed by atoms with Gasteiger partial charge >= 0.3 is 0 Å². The summed E-state index contributed by atoms with van der Waals surface area (Å²) >= 11 is 0. The Morgan fingerprint density at radius 3 is 2.93 bits per heavy atom. The standard InChI is InChI=1S/C11H12FNO2/c1-15-7-2-3-9(12)8(6-7)10-4-5-11(14)13-10/h2-3,6,10H,4-5H2,1H3,(H,13,14). The van der Waals surface area contributed by atoms with E-state index in [4.69, 9.17) is 4.74 Å². The van der Waals surface area contributed by atoms with Crippen LogP contribution in [-0.2, 0) is 4.79 Å². The third-order valence-corrected chi connectivity index (χ3v) is 2.57. The van der Waals surface area contributed by atoms with Gasteiger partial charge in [-0.25, -0.2) is 4.39 Å². The molecule has 15 heavy (non-hydrogen) atoms. The Morgan fingerprint density at radius 1 is 1.53 bits per heavy atom. The minimum absolute atomic E-state index is 0.0257. The van der Waals surface area contributed by atoms with Gasteiger partial charge in [-0.05, 0) is 24.6 Å². The van der Waals surface area contributed by atoms with E-state index in [2.05, 4.69) is 5.32 Å². The Morgan fingerprint density at radius 2 is 2.33 bits per heavy atom. The van der Waals surface area contributed by atoms with Gasteiger partial charge in [0.2, 0.25) is 5.91 Å². The Labute approximate surface area is 87.2 Å². The van der Waals surface area contributed by atoms with Crippen molar-refractivity contribution in [3.63, 3.8) is 0 Å².